The van der Waals surface area contributed by atoms with E-state index >= 15 is 0 Å². The first-order valence-corrected chi connectivity index (χ1v) is 9.66. The first-order valence-electron chi connectivity index (χ1n) is 8.25. The number of nitrogens with two attached hydrogens (primary N) is 3. The molecule has 23 heavy (non-hydrogen) atoms. The van der Waals surface area contributed by atoms with Crippen LogP contribution >= 0.6 is 0 Å². The van der Waals surface area contributed by atoms with E-state index in [1.54, 1.807) is 0 Å². The standard InChI is InChI=1S/C10H23N.C6H8N2O3S/c1-3-5-7-9-11-10-8-6-4-2;7-4-1-2-5(8)6(3-4)12(9,10)11/h11H,3-10H2,1-2H3;1-3H,7-8H2,(H,9,10,11). The van der Waals surface area contributed by atoms with Crippen LogP contribution in [0.3, 0.4) is 0 Å². The van der Waals surface area contributed by atoms with E-state index in [0.717, 1.165) is 6.07 Å². The van der Waals surface area contributed by atoms with Gasteiger partial charge in [-0.2, -0.15) is 0 Å². The van der Waals surface area contributed by atoms with Gasteiger partial charge in [0, 0.05) is 11.4 Å². The highest BCUT2D eigenvalue weighted by molar-refractivity contribution is 7.86. The number of unbranched alkanes of at least 4 members (excludes halogenated alkanes) is 4. The molecule has 134 valence electrons. The monoisotopic (exact) mass is 345 g/mol. The second-order valence-corrected chi connectivity index (χ2v) is 6.88. The molecule has 0 aliphatic rings. The Hall–Kier alpha value is -1.31. The molecule has 0 spiro atoms. The highest BCUT2D eigenvalue weighted by atomic mass is 32.2. The van der Waals surface area contributed by atoms with E-state index in [0.29, 0.717) is 0 Å². The molecule has 7 heteroatoms. The Morgan fingerprint density at radius 1 is 1.00 bits per heavy atom. The van der Waals surface area contributed by atoms with Crippen LogP contribution in [-0.4, -0.2) is 26.1 Å². The molecule has 6 nitrogen and oxygen atoms in total. The van der Waals surface area contributed by atoms with Gasteiger partial charge in [-0.25, -0.2) is 8.42 Å². The van der Waals surface area contributed by atoms with Crippen molar-refractivity contribution in [3.05, 3.63) is 18.2 Å². The lowest BCUT2D eigenvalue weighted by molar-refractivity contribution is -0.655. The van der Waals surface area contributed by atoms with Crippen LogP contribution in [0.1, 0.15) is 52.4 Å². The average Bonchev–Trinajstić information content (AvgIpc) is 2.48. The Morgan fingerprint density at radius 2 is 1.52 bits per heavy atom. The van der Waals surface area contributed by atoms with Crippen molar-refractivity contribution in [2.75, 3.05) is 24.6 Å². The Bertz CT molecular complexity index is 525. The number of hydrogen-bond acceptors (Lipinski definition) is 5. The first kappa shape index (κ1) is 21.7. The van der Waals surface area contributed by atoms with Gasteiger partial charge >= 0.3 is 0 Å². The summed E-state index contributed by atoms with van der Waals surface area (Å²) in [6.07, 6.45) is 8.32. The van der Waals surface area contributed by atoms with Crippen LogP contribution in [0.2, 0.25) is 0 Å². The zero-order chi connectivity index (χ0) is 17.7. The predicted octanol–water partition coefficient (Wildman–Crippen LogP) is 1.69. The van der Waals surface area contributed by atoms with E-state index < -0.39 is 15.0 Å². The van der Waals surface area contributed by atoms with Crippen molar-refractivity contribution < 1.29 is 18.3 Å². The lowest BCUT2D eigenvalue weighted by atomic mass is 10.2. The van der Waals surface area contributed by atoms with Crippen molar-refractivity contribution in [1.29, 1.82) is 0 Å². The lowest BCUT2D eigenvalue weighted by Gasteiger charge is -2.09. The number of rotatable bonds is 9. The molecule has 0 fully saturated rings. The number of nitrogen functional groups attached to an aromatic ring is 2. The lowest BCUT2D eigenvalue weighted by Crippen LogP contribution is -2.84. The summed E-state index contributed by atoms with van der Waals surface area (Å²) in [6, 6.07) is 3.74. The van der Waals surface area contributed by atoms with Gasteiger partial charge in [0.25, 0.3) is 0 Å². The quantitative estimate of drug-likeness (QED) is 0.357. The molecule has 0 heterocycles. The summed E-state index contributed by atoms with van der Waals surface area (Å²) in [6.45, 7) is 7.21. The minimum Gasteiger partial charge on any atom is -0.744 e. The van der Waals surface area contributed by atoms with Gasteiger partial charge in [0.05, 0.1) is 18.0 Å². The van der Waals surface area contributed by atoms with Crippen molar-refractivity contribution >= 4 is 21.5 Å². The van der Waals surface area contributed by atoms with Crippen LogP contribution in [0.4, 0.5) is 11.4 Å². The fourth-order valence-corrected chi connectivity index (χ4v) is 2.63. The SMILES string of the molecule is CCCCC[NH2+]CCCCC.Nc1ccc(N)c(S(=O)(=O)[O-])c1. The predicted molar refractivity (Wildman–Crippen MR) is 93.9 cm³/mol. The van der Waals surface area contributed by atoms with Crippen LogP contribution in [0, 0.1) is 0 Å². The number of anilines is 2. The fourth-order valence-electron chi connectivity index (χ4n) is 1.99. The van der Waals surface area contributed by atoms with Gasteiger partial charge in [0.15, 0.2) is 0 Å². The number of quaternary nitrogens is 1. The topological polar surface area (TPSA) is 126 Å². The number of benzene rings is 1. The van der Waals surface area contributed by atoms with E-state index in [-0.39, 0.29) is 11.4 Å². The third kappa shape index (κ3) is 11.0. The van der Waals surface area contributed by atoms with Gasteiger partial charge in [-0.3, -0.25) is 0 Å². The molecular weight excluding hydrogens is 314 g/mol. The van der Waals surface area contributed by atoms with Crippen molar-refractivity contribution in [1.82, 2.24) is 0 Å². The van der Waals surface area contributed by atoms with Crippen LogP contribution < -0.4 is 16.8 Å². The average molecular weight is 346 g/mol. The molecule has 0 aliphatic heterocycles. The second-order valence-electron chi connectivity index (χ2n) is 5.53. The summed E-state index contributed by atoms with van der Waals surface area (Å²) in [5, 5.41) is 2.46. The normalized spacial score (nSPS) is 10.9. The Balaban J connectivity index is 0.000000423. The molecule has 1 rings (SSSR count). The molecule has 1 aromatic rings. The molecule has 0 saturated heterocycles. The second kappa shape index (κ2) is 12.2. The van der Waals surface area contributed by atoms with Gasteiger partial charge in [-0.15, -0.1) is 0 Å². The molecule has 0 radical (unpaired) electrons. The van der Waals surface area contributed by atoms with Crippen molar-refractivity contribution in [2.24, 2.45) is 0 Å². The highest BCUT2D eigenvalue weighted by Crippen LogP contribution is 2.20. The largest absolute Gasteiger partial charge is 0.744 e. The van der Waals surface area contributed by atoms with Gasteiger partial charge in [-0.1, -0.05) is 26.7 Å². The third-order valence-corrected chi connectivity index (χ3v) is 4.22. The summed E-state index contributed by atoms with van der Waals surface area (Å²) in [5.74, 6) is 0. The summed E-state index contributed by atoms with van der Waals surface area (Å²) in [5.41, 5.74) is 10.6. The number of hydrogen-bond donors (Lipinski definition) is 3. The van der Waals surface area contributed by atoms with Crippen LogP contribution in [0.25, 0.3) is 0 Å². The Labute approximate surface area is 140 Å². The van der Waals surface area contributed by atoms with Crippen LogP contribution in [0.15, 0.2) is 23.1 Å². The van der Waals surface area contributed by atoms with E-state index in [2.05, 4.69) is 19.2 Å². The minimum atomic E-state index is -4.51. The van der Waals surface area contributed by atoms with E-state index in [1.807, 2.05) is 0 Å². The molecule has 0 amide bonds. The minimum absolute atomic E-state index is 0.0841. The van der Waals surface area contributed by atoms with E-state index in [4.69, 9.17) is 11.5 Å². The summed E-state index contributed by atoms with van der Waals surface area (Å²) >= 11 is 0. The molecule has 0 saturated carbocycles. The smallest absolute Gasteiger partial charge is 0.126 e. The first-order chi connectivity index (χ1) is 10.8. The fraction of sp³-hybridized carbons (Fsp3) is 0.625. The maximum Gasteiger partial charge on any atom is 0.126 e. The van der Waals surface area contributed by atoms with Crippen LogP contribution in [-0.2, 0) is 10.1 Å². The molecule has 0 unspecified atom stereocenters. The van der Waals surface area contributed by atoms with Crippen molar-refractivity contribution in [3.63, 3.8) is 0 Å². The van der Waals surface area contributed by atoms with Crippen LogP contribution in [0.5, 0.6) is 0 Å². The van der Waals surface area contributed by atoms with Gasteiger partial charge in [0.1, 0.15) is 10.1 Å². The molecule has 0 aliphatic carbocycles. The Kier molecular flexibility index (Phi) is 11.5. The van der Waals surface area contributed by atoms with Gasteiger partial charge in [0.2, 0.25) is 0 Å². The maximum atomic E-state index is 10.5. The van der Waals surface area contributed by atoms with Gasteiger partial charge < -0.3 is 21.3 Å². The summed E-state index contributed by atoms with van der Waals surface area (Å²) < 4.78 is 31.5. The molecule has 0 atom stereocenters. The van der Waals surface area contributed by atoms with E-state index in [9.17, 15) is 13.0 Å². The van der Waals surface area contributed by atoms with Crippen molar-refractivity contribution in [2.45, 2.75) is 57.3 Å². The maximum absolute atomic E-state index is 10.5. The molecule has 0 bridgehead atoms. The Morgan fingerprint density at radius 3 is 1.91 bits per heavy atom. The molecule has 6 N–H and O–H groups in total. The highest BCUT2D eigenvalue weighted by Gasteiger charge is 2.05. The zero-order valence-electron chi connectivity index (χ0n) is 14.3. The third-order valence-electron chi connectivity index (χ3n) is 3.33. The van der Waals surface area contributed by atoms with Gasteiger partial charge in [-0.05, 0) is 43.9 Å². The molecule has 0 aromatic heterocycles. The summed E-state index contributed by atoms with van der Waals surface area (Å²) in [7, 11) is -4.51. The molecular formula is C16H31N3O3S. The van der Waals surface area contributed by atoms with Crippen molar-refractivity contribution in [3.8, 4) is 0 Å². The summed E-state index contributed by atoms with van der Waals surface area (Å²) in [4.78, 5) is -0.470. The van der Waals surface area contributed by atoms with E-state index in [1.165, 1.54) is 63.7 Å². The molecule has 1 aromatic carbocycles. The zero-order valence-corrected chi connectivity index (χ0v) is 15.1.